The van der Waals surface area contributed by atoms with Crippen molar-refractivity contribution in [1.82, 2.24) is 20.8 Å². The fraction of sp³-hybridized carbons (Fsp3) is 0.176. The van der Waals surface area contributed by atoms with Gasteiger partial charge < -0.3 is 0 Å². The summed E-state index contributed by atoms with van der Waals surface area (Å²) in [6, 6.07) is 8.69. The van der Waals surface area contributed by atoms with Crippen molar-refractivity contribution in [1.29, 1.82) is 0 Å². The van der Waals surface area contributed by atoms with E-state index >= 15 is 0 Å². The zero-order valence-electron chi connectivity index (χ0n) is 13.5. The standard InChI is InChI=1S/C17H16N4O2S/c1-9-13-10(2)18-11(3)19-17(13)24-14(9)16(23)21-20-15(22)12-7-5-4-6-8-12/h4-8H,1-3H3,(H,20,22)(H,21,23). The van der Waals surface area contributed by atoms with Crippen LogP contribution >= 0.6 is 11.3 Å². The van der Waals surface area contributed by atoms with Gasteiger partial charge in [-0.1, -0.05) is 18.2 Å². The second-order valence-corrected chi connectivity index (χ2v) is 6.37. The highest BCUT2D eigenvalue weighted by Crippen LogP contribution is 2.30. The summed E-state index contributed by atoms with van der Waals surface area (Å²) >= 11 is 1.29. The zero-order chi connectivity index (χ0) is 17.3. The van der Waals surface area contributed by atoms with Crippen LogP contribution < -0.4 is 10.9 Å². The molecule has 0 atom stereocenters. The Bertz CT molecular complexity index is 935. The van der Waals surface area contributed by atoms with Crippen LogP contribution in [-0.4, -0.2) is 21.8 Å². The topological polar surface area (TPSA) is 84.0 Å². The smallest absolute Gasteiger partial charge is 0.267 e. The number of hydrogen-bond acceptors (Lipinski definition) is 5. The summed E-state index contributed by atoms with van der Waals surface area (Å²) in [6.07, 6.45) is 0. The summed E-state index contributed by atoms with van der Waals surface area (Å²) in [6.45, 7) is 5.58. The Balaban J connectivity index is 1.81. The van der Waals surface area contributed by atoms with E-state index < -0.39 is 0 Å². The van der Waals surface area contributed by atoms with Gasteiger partial charge in [0.1, 0.15) is 10.7 Å². The molecule has 3 aromatic rings. The molecule has 1 aromatic carbocycles. The minimum absolute atomic E-state index is 0.364. The van der Waals surface area contributed by atoms with Crippen molar-refractivity contribution in [2.24, 2.45) is 0 Å². The van der Waals surface area contributed by atoms with Gasteiger partial charge in [0.15, 0.2) is 0 Å². The zero-order valence-corrected chi connectivity index (χ0v) is 14.3. The largest absolute Gasteiger partial charge is 0.280 e. The van der Waals surface area contributed by atoms with Crippen molar-refractivity contribution < 1.29 is 9.59 Å². The van der Waals surface area contributed by atoms with Crippen molar-refractivity contribution in [2.75, 3.05) is 0 Å². The van der Waals surface area contributed by atoms with Gasteiger partial charge in [0.05, 0.1) is 4.88 Å². The molecule has 0 aliphatic heterocycles. The highest BCUT2D eigenvalue weighted by Gasteiger charge is 2.19. The number of carbonyl (C=O) groups excluding carboxylic acids is 2. The van der Waals surface area contributed by atoms with Gasteiger partial charge in [0, 0.05) is 16.6 Å². The number of hydrazine groups is 1. The lowest BCUT2D eigenvalue weighted by molar-refractivity contribution is 0.0848. The first kappa shape index (κ1) is 16.1. The molecule has 0 aliphatic rings. The third-order valence-electron chi connectivity index (χ3n) is 3.61. The number of nitrogens with zero attached hydrogens (tertiary/aromatic N) is 2. The molecule has 0 saturated heterocycles. The van der Waals surface area contributed by atoms with Crippen LogP contribution in [0.3, 0.4) is 0 Å². The average molecular weight is 340 g/mol. The highest BCUT2D eigenvalue weighted by molar-refractivity contribution is 7.20. The van der Waals surface area contributed by atoms with Gasteiger partial charge in [-0.05, 0) is 38.5 Å². The van der Waals surface area contributed by atoms with Crippen LogP contribution in [0.4, 0.5) is 0 Å². The van der Waals surface area contributed by atoms with Gasteiger partial charge >= 0.3 is 0 Å². The molecule has 6 nitrogen and oxygen atoms in total. The summed E-state index contributed by atoms with van der Waals surface area (Å²) in [7, 11) is 0. The Morgan fingerprint density at radius 3 is 2.33 bits per heavy atom. The number of aryl methyl sites for hydroxylation is 3. The van der Waals surface area contributed by atoms with Crippen LogP contribution in [0.5, 0.6) is 0 Å². The fourth-order valence-corrected chi connectivity index (χ4v) is 3.70. The summed E-state index contributed by atoms with van der Waals surface area (Å²) in [5.74, 6) is -0.0584. The minimum Gasteiger partial charge on any atom is -0.267 e. The normalized spacial score (nSPS) is 10.6. The maximum Gasteiger partial charge on any atom is 0.280 e. The van der Waals surface area contributed by atoms with Gasteiger partial charge in [-0.2, -0.15) is 0 Å². The Kier molecular flexibility index (Phi) is 4.26. The molecule has 0 aliphatic carbocycles. The van der Waals surface area contributed by atoms with Gasteiger partial charge in [0.2, 0.25) is 0 Å². The van der Waals surface area contributed by atoms with E-state index in [-0.39, 0.29) is 11.8 Å². The van der Waals surface area contributed by atoms with E-state index in [0.717, 1.165) is 21.5 Å². The summed E-state index contributed by atoms with van der Waals surface area (Å²) in [5.41, 5.74) is 7.02. The second kappa shape index (κ2) is 6.37. The predicted octanol–water partition coefficient (Wildman–Crippen LogP) is 2.69. The molecule has 2 heterocycles. The van der Waals surface area contributed by atoms with Crippen molar-refractivity contribution in [3.05, 3.63) is 57.9 Å². The second-order valence-electron chi connectivity index (χ2n) is 5.37. The molecular weight excluding hydrogens is 324 g/mol. The van der Waals surface area contributed by atoms with E-state index in [1.54, 1.807) is 24.3 Å². The van der Waals surface area contributed by atoms with Crippen LogP contribution in [0.2, 0.25) is 0 Å². The first-order valence-electron chi connectivity index (χ1n) is 7.37. The van der Waals surface area contributed by atoms with Crippen molar-refractivity contribution in [2.45, 2.75) is 20.8 Å². The minimum atomic E-state index is -0.366. The molecule has 0 unspecified atom stereocenters. The summed E-state index contributed by atoms with van der Waals surface area (Å²) in [5, 5.41) is 0.894. The quantitative estimate of drug-likeness (QED) is 0.703. The van der Waals surface area contributed by atoms with E-state index in [1.807, 2.05) is 26.8 Å². The van der Waals surface area contributed by atoms with Crippen LogP contribution in [0, 0.1) is 20.8 Å². The van der Waals surface area contributed by atoms with Crippen LogP contribution in [0.1, 0.15) is 37.1 Å². The number of rotatable bonds is 2. The molecule has 24 heavy (non-hydrogen) atoms. The predicted molar refractivity (Wildman–Crippen MR) is 93.0 cm³/mol. The van der Waals surface area contributed by atoms with Gasteiger partial charge in [0.25, 0.3) is 11.8 Å². The van der Waals surface area contributed by atoms with Crippen molar-refractivity contribution in [3.63, 3.8) is 0 Å². The molecule has 0 radical (unpaired) electrons. The molecule has 0 saturated carbocycles. The number of fused-ring (bicyclic) bond motifs is 1. The molecule has 0 spiro atoms. The number of nitrogens with one attached hydrogen (secondary N) is 2. The number of amides is 2. The van der Waals surface area contributed by atoms with E-state index in [9.17, 15) is 9.59 Å². The average Bonchev–Trinajstić information content (AvgIpc) is 2.90. The van der Waals surface area contributed by atoms with Gasteiger partial charge in [-0.15, -0.1) is 11.3 Å². The molecule has 3 rings (SSSR count). The lowest BCUT2D eigenvalue weighted by Crippen LogP contribution is -2.41. The van der Waals surface area contributed by atoms with Crippen LogP contribution in [0.25, 0.3) is 10.2 Å². The number of benzene rings is 1. The van der Waals surface area contributed by atoms with Gasteiger partial charge in [-0.3, -0.25) is 20.4 Å². The number of thiophene rings is 1. The SMILES string of the molecule is Cc1nc(C)c2c(C)c(C(=O)NNC(=O)c3ccccc3)sc2n1. The Morgan fingerprint density at radius 2 is 1.62 bits per heavy atom. The Hall–Kier alpha value is -2.80. The number of aromatic nitrogens is 2. The molecule has 7 heteroatoms. The van der Waals surface area contributed by atoms with E-state index in [2.05, 4.69) is 20.8 Å². The maximum absolute atomic E-state index is 12.4. The lowest BCUT2D eigenvalue weighted by atomic mass is 10.1. The molecule has 2 N–H and O–H groups in total. The van der Waals surface area contributed by atoms with Crippen molar-refractivity contribution >= 4 is 33.4 Å². The summed E-state index contributed by atoms with van der Waals surface area (Å²) < 4.78 is 0. The molecule has 0 fully saturated rings. The number of hydrogen-bond donors (Lipinski definition) is 2. The summed E-state index contributed by atoms with van der Waals surface area (Å²) in [4.78, 5) is 34.4. The van der Waals surface area contributed by atoms with E-state index in [0.29, 0.717) is 16.3 Å². The highest BCUT2D eigenvalue weighted by atomic mass is 32.1. The van der Waals surface area contributed by atoms with Crippen molar-refractivity contribution in [3.8, 4) is 0 Å². The molecule has 122 valence electrons. The van der Waals surface area contributed by atoms with E-state index in [4.69, 9.17) is 0 Å². The monoisotopic (exact) mass is 340 g/mol. The first-order valence-corrected chi connectivity index (χ1v) is 8.19. The third-order valence-corrected chi connectivity index (χ3v) is 4.80. The molecule has 0 bridgehead atoms. The van der Waals surface area contributed by atoms with E-state index in [1.165, 1.54) is 11.3 Å². The Labute approximate surface area is 142 Å². The maximum atomic E-state index is 12.4. The third kappa shape index (κ3) is 2.98. The molecular formula is C17H16N4O2S. The molecule has 2 aromatic heterocycles. The number of carbonyl (C=O) groups is 2. The lowest BCUT2D eigenvalue weighted by Gasteiger charge is -2.06. The van der Waals surface area contributed by atoms with Gasteiger partial charge in [-0.25, -0.2) is 9.97 Å². The molecule has 2 amide bonds. The van der Waals surface area contributed by atoms with Crippen LogP contribution in [-0.2, 0) is 0 Å². The fourth-order valence-electron chi connectivity index (χ4n) is 2.52. The Morgan fingerprint density at radius 1 is 0.958 bits per heavy atom. The van der Waals surface area contributed by atoms with Crippen LogP contribution in [0.15, 0.2) is 30.3 Å². The first-order chi connectivity index (χ1) is 11.5.